The molecule has 0 aliphatic heterocycles. The Morgan fingerprint density at radius 2 is 0.833 bits per heavy atom. The number of hydrogen-bond acceptors (Lipinski definition) is 2. The standard InChI is InChI=1S/C58H37NO/c1-4-16-46-39(12-1)15-11-22-53(46)58-48-18-6-2-13-40(48)28-34-49(58)41-26-32-45(33-27-41)59(55-37-43-14-3-5-17-47(43)50-19-7-8-20-51(50)55)44-30-24-38(25-31-44)42-29-35-57-54(36-42)52-21-9-10-23-56(52)60-57/h1-37H. The normalized spacial score (nSPS) is 11.7. The number of anilines is 3. The van der Waals surface area contributed by atoms with Crippen molar-refractivity contribution in [2.24, 2.45) is 0 Å². The highest BCUT2D eigenvalue weighted by Crippen LogP contribution is 2.45. The summed E-state index contributed by atoms with van der Waals surface area (Å²) in [5, 5.41) is 12.1. The third kappa shape index (κ3) is 5.57. The number of hydrogen-bond donors (Lipinski definition) is 0. The van der Waals surface area contributed by atoms with Crippen molar-refractivity contribution < 1.29 is 4.42 Å². The van der Waals surface area contributed by atoms with E-state index in [1.165, 1.54) is 65.3 Å². The van der Waals surface area contributed by atoms with Crippen LogP contribution in [0.25, 0.3) is 98.4 Å². The van der Waals surface area contributed by atoms with Gasteiger partial charge in [0.2, 0.25) is 0 Å². The van der Waals surface area contributed by atoms with Crippen LogP contribution in [0.5, 0.6) is 0 Å². The van der Waals surface area contributed by atoms with E-state index in [-0.39, 0.29) is 0 Å². The number of benzene rings is 11. The molecule has 0 bridgehead atoms. The molecular formula is C58H37NO. The van der Waals surface area contributed by atoms with Crippen LogP contribution >= 0.6 is 0 Å². The summed E-state index contributed by atoms with van der Waals surface area (Å²) in [5.74, 6) is 0. The Kier molecular flexibility index (Phi) is 7.89. The van der Waals surface area contributed by atoms with Crippen molar-refractivity contribution in [3.63, 3.8) is 0 Å². The molecule has 1 heterocycles. The molecule has 0 amide bonds. The summed E-state index contributed by atoms with van der Waals surface area (Å²) < 4.78 is 6.15. The highest BCUT2D eigenvalue weighted by molar-refractivity contribution is 6.15. The van der Waals surface area contributed by atoms with Crippen molar-refractivity contribution in [3.05, 3.63) is 224 Å². The summed E-state index contributed by atoms with van der Waals surface area (Å²) in [5.41, 5.74) is 12.3. The molecule has 0 radical (unpaired) electrons. The fourth-order valence-electron chi connectivity index (χ4n) is 9.39. The number of rotatable bonds is 6. The van der Waals surface area contributed by atoms with E-state index in [9.17, 15) is 0 Å². The minimum absolute atomic E-state index is 0.905. The van der Waals surface area contributed by atoms with Crippen molar-refractivity contribution in [2.45, 2.75) is 0 Å². The van der Waals surface area contributed by atoms with Crippen LogP contribution in [-0.2, 0) is 0 Å². The van der Waals surface area contributed by atoms with Crippen LogP contribution in [0.15, 0.2) is 229 Å². The van der Waals surface area contributed by atoms with Gasteiger partial charge in [-0.1, -0.05) is 176 Å². The Balaban J connectivity index is 1.02. The van der Waals surface area contributed by atoms with Crippen LogP contribution in [0.2, 0.25) is 0 Å². The molecule has 0 saturated heterocycles. The summed E-state index contributed by atoms with van der Waals surface area (Å²) in [4.78, 5) is 2.42. The molecule has 12 rings (SSSR count). The molecule has 2 heteroatoms. The molecular weight excluding hydrogens is 727 g/mol. The zero-order chi connectivity index (χ0) is 39.6. The average Bonchev–Trinajstić information content (AvgIpc) is 3.70. The van der Waals surface area contributed by atoms with Gasteiger partial charge in [0.05, 0.1) is 5.69 Å². The molecule has 12 aromatic rings. The predicted molar refractivity (Wildman–Crippen MR) is 255 cm³/mol. The maximum absolute atomic E-state index is 6.15. The number of fused-ring (bicyclic) bond motifs is 8. The molecule has 0 N–H and O–H groups in total. The highest BCUT2D eigenvalue weighted by Gasteiger charge is 2.20. The van der Waals surface area contributed by atoms with Crippen LogP contribution in [0.1, 0.15) is 0 Å². The first-order valence-electron chi connectivity index (χ1n) is 20.6. The average molecular weight is 764 g/mol. The molecule has 0 spiro atoms. The minimum Gasteiger partial charge on any atom is -0.456 e. The Bertz CT molecular complexity index is 3590. The molecule has 0 saturated carbocycles. The van der Waals surface area contributed by atoms with Gasteiger partial charge in [0.25, 0.3) is 0 Å². The Hall–Kier alpha value is -7.94. The molecule has 11 aromatic carbocycles. The van der Waals surface area contributed by atoms with Crippen LogP contribution in [0.3, 0.4) is 0 Å². The molecule has 280 valence electrons. The van der Waals surface area contributed by atoms with Gasteiger partial charge in [-0.05, 0) is 120 Å². The van der Waals surface area contributed by atoms with Gasteiger partial charge in [0.1, 0.15) is 11.2 Å². The first-order chi connectivity index (χ1) is 29.7. The van der Waals surface area contributed by atoms with Crippen molar-refractivity contribution in [1.82, 2.24) is 0 Å². The topological polar surface area (TPSA) is 16.4 Å². The van der Waals surface area contributed by atoms with E-state index in [1.807, 2.05) is 12.1 Å². The van der Waals surface area contributed by atoms with Crippen LogP contribution in [0, 0.1) is 0 Å². The summed E-state index contributed by atoms with van der Waals surface area (Å²) in [6.45, 7) is 0. The van der Waals surface area contributed by atoms with Crippen molar-refractivity contribution in [2.75, 3.05) is 4.90 Å². The molecule has 2 nitrogen and oxygen atoms in total. The van der Waals surface area contributed by atoms with Crippen LogP contribution < -0.4 is 4.90 Å². The van der Waals surface area contributed by atoms with Gasteiger partial charge in [0.15, 0.2) is 0 Å². The van der Waals surface area contributed by atoms with E-state index >= 15 is 0 Å². The lowest BCUT2D eigenvalue weighted by atomic mass is 9.87. The molecule has 0 unspecified atom stereocenters. The number of furan rings is 1. The first kappa shape index (κ1) is 34.1. The summed E-state index contributed by atoms with van der Waals surface area (Å²) >= 11 is 0. The van der Waals surface area contributed by atoms with Gasteiger partial charge in [-0.3, -0.25) is 0 Å². The van der Waals surface area contributed by atoms with E-state index in [1.54, 1.807) is 0 Å². The van der Waals surface area contributed by atoms with Gasteiger partial charge in [0, 0.05) is 27.5 Å². The molecule has 60 heavy (non-hydrogen) atoms. The maximum atomic E-state index is 6.15. The molecule has 0 aliphatic rings. The third-order valence-corrected chi connectivity index (χ3v) is 12.2. The Labute approximate surface area is 347 Å². The second-order valence-electron chi connectivity index (χ2n) is 15.6. The van der Waals surface area contributed by atoms with Gasteiger partial charge in [-0.25, -0.2) is 0 Å². The second-order valence-corrected chi connectivity index (χ2v) is 15.6. The van der Waals surface area contributed by atoms with Gasteiger partial charge in [-0.2, -0.15) is 0 Å². The van der Waals surface area contributed by atoms with Crippen LogP contribution in [0.4, 0.5) is 17.1 Å². The zero-order valence-electron chi connectivity index (χ0n) is 32.7. The fourth-order valence-corrected chi connectivity index (χ4v) is 9.39. The van der Waals surface area contributed by atoms with Crippen molar-refractivity contribution >= 4 is 82.1 Å². The molecule has 1 aromatic heterocycles. The predicted octanol–water partition coefficient (Wildman–Crippen LogP) is 16.7. The third-order valence-electron chi connectivity index (χ3n) is 12.2. The SMILES string of the molecule is c1ccc2c(-c3c(-c4ccc(N(c5ccc(-c6ccc7oc8ccccc8c7c6)cc5)c5cc6ccccc6c6ccccc56)cc4)ccc4ccccc34)cccc2c1. The van der Waals surface area contributed by atoms with E-state index in [0.29, 0.717) is 0 Å². The molecule has 0 fully saturated rings. The quantitative estimate of drug-likeness (QED) is 0.157. The number of nitrogens with zero attached hydrogens (tertiary/aromatic N) is 1. The van der Waals surface area contributed by atoms with Gasteiger partial charge < -0.3 is 9.32 Å². The van der Waals surface area contributed by atoms with E-state index in [2.05, 4.69) is 217 Å². The van der Waals surface area contributed by atoms with Crippen LogP contribution in [-0.4, -0.2) is 0 Å². The lowest BCUT2D eigenvalue weighted by molar-refractivity contribution is 0.669. The smallest absolute Gasteiger partial charge is 0.135 e. The monoisotopic (exact) mass is 763 g/mol. The van der Waals surface area contributed by atoms with Gasteiger partial charge >= 0.3 is 0 Å². The Morgan fingerprint density at radius 3 is 1.60 bits per heavy atom. The number of para-hydroxylation sites is 1. The fraction of sp³-hybridized carbons (Fsp3) is 0. The second kappa shape index (κ2) is 13.9. The van der Waals surface area contributed by atoms with Crippen molar-refractivity contribution in [1.29, 1.82) is 0 Å². The van der Waals surface area contributed by atoms with Crippen molar-refractivity contribution in [3.8, 4) is 33.4 Å². The van der Waals surface area contributed by atoms with E-state index < -0.39 is 0 Å². The molecule has 0 aliphatic carbocycles. The summed E-state index contributed by atoms with van der Waals surface area (Å²) in [7, 11) is 0. The Morgan fingerprint density at radius 1 is 0.283 bits per heavy atom. The molecule has 0 atom stereocenters. The lowest BCUT2D eigenvalue weighted by Crippen LogP contribution is -2.10. The first-order valence-corrected chi connectivity index (χ1v) is 20.6. The minimum atomic E-state index is 0.905. The summed E-state index contributed by atoms with van der Waals surface area (Å²) in [6.07, 6.45) is 0. The zero-order valence-corrected chi connectivity index (χ0v) is 32.7. The van der Waals surface area contributed by atoms with E-state index in [0.717, 1.165) is 50.1 Å². The summed E-state index contributed by atoms with van der Waals surface area (Å²) in [6, 6.07) is 81.5. The lowest BCUT2D eigenvalue weighted by Gasteiger charge is -2.28. The van der Waals surface area contributed by atoms with E-state index in [4.69, 9.17) is 4.42 Å². The maximum Gasteiger partial charge on any atom is 0.135 e. The highest BCUT2D eigenvalue weighted by atomic mass is 16.3. The van der Waals surface area contributed by atoms with Gasteiger partial charge in [-0.15, -0.1) is 0 Å². The largest absolute Gasteiger partial charge is 0.456 e.